The second kappa shape index (κ2) is 7.82. The van der Waals surface area contributed by atoms with Crippen molar-refractivity contribution in [1.29, 1.82) is 0 Å². The number of aryl methyl sites for hydroxylation is 1. The molecule has 1 aromatic rings. The zero-order chi connectivity index (χ0) is 17.7. The molecule has 2 heterocycles. The van der Waals surface area contributed by atoms with Crippen molar-refractivity contribution >= 4 is 5.96 Å². The van der Waals surface area contributed by atoms with Gasteiger partial charge >= 0.3 is 6.18 Å². The number of nitrogens with zero attached hydrogens (tertiary/aromatic N) is 6. The average molecular weight is 347 g/mol. The van der Waals surface area contributed by atoms with Crippen molar-refractivity contribution in [1.82, 2.24) is 29.9 Å². The standard InChI is InChI=1S/C14H24F3N7/c1-4-18-13(19-9-12-21-20-10-22(12)3)24-7-5-23(6-8-24)11(2)14(15,16)17/h10-11H,4-9H2,1-3H3,(H,18,19). The molecule has 10 heteroatoms. The summed E-state index contributed by atoms with van der Waals surface area (Å²) in [4.78, 5) is 7.97. The van der Waals surface area contributed by atoms with E-state index >= 15 is 0 Å². The average Bonchev–Trinajstić information content (AvgIpc) is 2.95. The minimum atomic E-state index is -4.19. The molecule has 1 saturated heterocycles. The van der Waals surface area contributed by atoms with Crippen LogP contribution in [0.5, 0.6) is 0 Å². The number of aliphatic imine (C=N–C) groups is 1. The van der Waals surface area contributed by atoms with E-state index in [1.165, 1.54) is 11.8 Å². The van der Waals surface area contributed by atoms with E-state index in [1.54, 1.807) is 10.9 Å². The third-order valence-corrected chi connectivity index (χ3v) is 4.15. The first-order chi connectivity index (χ1) is 11.3. The van der Waals surface area contributed by atoms with Gasteiger partial charge in [-0.3, -0.25) is 4.90 Å². The summed E-state index contributed by atoms with van der Waals surface area (Å²) in [5, 5.41) is 11.0. The van der Waals surface area contributed by atoms with Crippen molar-refractivity contribution < 1.29 is 13.2 Å². The van der Waals surface area contributed by atoms with Crippen LogP contribution in [-0.4, -0.2) is 75.5 Å². The van der Waals surface area contributed by atoms with E-state index in [-0.39, 0.29) is 0 Å². The molecule has 1 aliphatic heterocycles. The molecule has 1 atom stereocenters. The van der Waals surface area contributed by atoms with Crippen LogP contribution in [0.3, 0.4) is 0 Å². The van der Waals surface area contributed by atoms with Crippen molar-refractivity contribution in [2.75, 3.05) is 32.7 Å². The number of hydrogen-bond donors (Lipinski definition) is 1. The molecular formula is C14H24F3N7. The summed E-state index contributed by atoms with van der Waals surface area (Å²) < 4.78 is 40.2. The lowest BCUT2D eigenvalue weighted by Gasteiger charge is -2.39. The van der Waals surface area contributed by atoms with Crippen LogP contribution in [-0.2, 0) is 13.6 Å². The number of piperazine rings is 1. The zero-order valence-electron chi connectivity index (χ0n) is 14.2. The Bertz CT molecular complexity index is 547. The van der Waals surface area contributed by atoms with Crippen LogP contribution < -0.4 is 5.32 Å². The molecule has 0 spiro atoms. The Morgan fingerprint density at radius 3 is 2.50 bits per heavy atom. The second-order valence-electron chi connectivity index (χ2n) is 5.77. The van der Waals surface area contributed by atoms with Gasteiger partial charge in [0.2, 0.25) is 0 Å². The van der Waals surface area contributed by atoms with E-state index in [0.717, 1.165) is 5.82 Å². The first-order valence-electron chi connectivity index (χ1n) is 7.99. The monoisotopic (exact) mass is 347 g/mol. The van der Waals surface area contributed by atoms with Gasteiger partial charge in [-0.2, -0.15) is 13.2 Å². The van der Waals surface area contributed by atoms with Crippen LogP contribution in [0, 0.1) is 0 Å². The van der Waals surface area contributed by atoms with Gasteiger partial charge in [0.15, 0.2) is 11.8 Å². The van der Waals surface area contributed by atoms with E-state index in [9.17, 15) is 13.2 Å². The highest BCUT2D eigenvalue weighted by atomic mass is 19.4. The maximum Gasteiger partial charge on any atom is 0.403 e. The van der Waals surface area contributed by atoms with E-state index in [4.69, 9.17) is 0 Å². The maximum absolute atomic E-state index is 12.8. The second-order valence-corrected chi connectivity index (χ2v) is 5.77. The highest BCUT2D eigenvalue weighted by Gasteiger charge is 2.41. The molecule has 0 aromatic carbocycles. The Morgan fingerprint density at radius 2 is 2.00 bits per heavy atom. The summed E-state index contributed by atoms with van der Waals surface area (Å²) in [6.45, 7) is 5.96. The van der Waals surface area contributed by atoms with Gasteiger partial charge in [-0.1, -0.05) is 0 Å². The normalized spacial score (nSPS) is 18.8. The fourth-order valence-electron chi connectivity index (χ4n) is 2.55. The summed E-state index contributed by atoms with van der Waals surface area (Å²) in [5.41, 5.74) is 0. The van der Waals surface area contributed by atoms with E-state index in [2.05, 4.69) is 20.5 Å². The smallest absolute Gasteiger partial charge is 0.357 e. The van der Waals surface area contributed by atoms with Crippen LogP contribution in [0.15, 0.2) is 11.3 Å². The quantitative estimate of drug-likeness (QED) is 0.646. The fourth-order valence-corrected chi connectivity index (χ4v) is 2.55. The van der Waals surface area contributed by atoms with Gasteiger partial charge in [-0.25, -0.2) is 4.99 Å². The summed E-state index contributed by atoms with van der Waals surface area (Å²) in [7, 11) is 1.84. The summed E-state index contributed by atoms with van der Waals surface area (Å²) in [6.07, 6.45) is -2.58. The van der Waals surface area contributed by atoms with Crippen LogP contribution in [0.2, 0.25) is 0 Å². The lowest BCUT2D eigenvalue weighted by molar-refractivity contribution is -0.181. The summed E-state index contributed by atoms with van der Waals surface area (Å²) in [6, 6.07) is -1.42. The molecule has 1 fully saturated rings. The topological polar surface area (TPSA) is 61.6 Å². The third-order valence-electron chi connectivity index (χ3n) is 4.15. The Morgan fingerprint density at radius 1 is 1.33 bits per heavy atom. The number of halogens is 3. The molecule has 1 aliphatic rings. The van der Waals surface area contributed by atoms with Crippen LogP contribution >= 0.6 is 0 Å². The molecule has 0 amide bonds. The van der Waals surface area contributed by atoms with Crippen LogP contribution in [0.4, 0.5) is 13.2 Å². The Hall–Kier alpha value is -1.84. The number of hydrogen-bond acceptors (Lipinski definition) is 4. The van der Waals surface area contributed by atoms with Gasteiger partial charge in [-0.15, -0.1) is 10.2 Å². The number of rotatable bonds is 4. The van der Waals surface area contributed by atoms with Crippen LogP contribution in [0.25, 0.3) is 0 Å². The van der Waals surface area contributed by atoms with Crippen molar-refractivity contribution in [3.8, 4) is 0 Å². The lowest BCUT2D eigenvalue weighted by atomic mass is 10.2. The van der Waals surface area contributed by atoms with E-state index in [1.807, 2.05) is 18.9 Å². The first kappa shape index (κ1) is 18.5. The number of aromatic nitrogens is 3. The summed E-state index contributed by atoms with van der Waals surface area (Å²) >= 11 is 0. The van der Waals surface area contributed by atoms with E-state index < -0.39 is 12.2 Å². The highest BCUT2D eigenvalue weighted by Crippen LogP contribution is 2.25. The third kappa shape index (κ3) is 4.59. The molecular weight excluding hydrogens is 323 g/mol. The Labute approximate surface area is 139 Å². The maximum atomic E-state index is 12.8. The molecule has 1 unspecified atom stereocenters. The molecule has 0 aliphatic carbocycles. The fraction of sp³-hybridized carbons (Fsp3) is 0.786. The predicted molar refractivity (Wildman–Crippen MR) is 84.5 cm³/mol. The van der Waals surface area contributed by atoms with Gasteiger partial charge < -0.3 is 14.8 Å². The van der Waals surface area contributed by atoms with Crippen molar-refractivity contribution in [2.45, 2.75) is 32.6 Å². The molecule has 0 saturated carbocycles. The summed E-state index contributed by atoms with van der Waals surface area (Å²) in [5.74, 6) is 1.43. The van der Waals surface area contributed by atoms with Gasteiger partial charge in [0.1, 0.15) is 18.9 Å². The van der Waals surface area contributed by atoms with Crippen molar-refractivity contribution in [2.24, 2.45) is 12.0 Å². The Kier molecular flexibility index (Phi) is 6.03. The minimum Gasteiger partial charge on any atom is -0.357 e. The molecule has 24 heavy (non-hydrogen) atoms. The lowest BCUT2D eigenvalue weighted by Crippen LogP contribution is -2.56. The highest BCUT2D eigenvalue weighted by molar-refractivity contribution is 5.80. The molecule has 0 radical (unpaired) electrons. The van der Waals surface area contributed by atoms with Gasteiger partial charge in [-0.05, 0) is 13.8 Å². The number of guanidine groups is 1. The van der Waals surface area contributed by atoms with Crippen molar-refractivity contribution in [3.05, 3.63) is 12.2 Å². The zero-order valence-corrected chi connectivity index (χ0v) is 14.2. The van der Waals surface area contributed by atoms with Gasteiger partial charge in [0.05, 0.1) is 0 Å². The number of nitrogens with one attached hydrogen (secondary N) is 1. The predicted octanol–water partition coefficient (Wildman–Crippen LogP) is 0.849. The molecule has 0 bridgehead atoms. The van der Waals surface area contributed by atoms with E-state index in [0.29, 0.717) is 45.2 Å². The van der Waals surface area contributed by atoms with Gasteiger partial charge in [0.25, 0.3) is 0 Å². The van der Waals surface area contributed by atoms with Gasteiger partial charge in [0, 0.05) is 39.8 Å². The molecule has 2 rings (SSSR count). The van der Waals surface area contributed by atoms with Crippen LogP contribution in [0.1, 0.15) is 19.7 Å². The molecule has 1 aromatic heterocycles. The number of alkyl halides is 3. The first-order valence-corrected chi connectivity index (χ1v) is 7.99. The van der Waals surface area contributed by atoms with Crippen molar-refractivity contribution in [3.63, 3.8) is 0 Å². The molecule has 1 N–H and O–H groups in total. The molecule has 7 nitrogen and oxygen atoms in total. The SMILES string of the molecule is CCNC(=NCc1nncn1C)N1CCN(C(C)C(F)(F)F)CC1. The minimum absolute atomic E-state index is 0.356. The largest absolute Gasteiger partial charge is 0.403 e. The molecule has 136 valence electrons. The Balaban J connectivity index is 1.97.